The maximum atomic E-state index is 10.8. The van der Waals surface area contributed by atoms with Crippen LogP contribution < -0.4 is 0 Å². The zero-order valence-corrected chi connectivity index (χ0v) is 6.29. The van der Waals surface area contributed by atoms with Crippen molar-refractivity contribution in [1.29, 1.82) is 0 Å². The summed E-state index contributed by atoms with van der Waals surface area (Å²) in [6, 6.07) is 0. The van der Waals surface area contributed by atoms with E-state index in [1.165, 1.54) is 0 Å². The number of carbonyl (C=O) groups excluding carboxylic acids is 1. The molecule has 0 spiro atoms. The van der Waals surface area contributed by atoms with Gasteiger partial charge >= 0.3 is 12.1 Å². The van der Waals surface area contributed by atoms with Crippen LogP contribution in [0.4, 0.5) is 0 Å². The Hall–Kier alpha value is -1.32. The lowest BCUT2D eigenvalue weighted by atomic mass is 10.4. The van der Waals surface area contributed by atoms with Gasteiger partial charge in [0, 0.05) is 5.57 Å². The third kappa shape index (κ3) is 2.07. The van der Waals surface area contributed by atoms with Crippen LogP contribution in [-0.2, 0) is 14.3 Å². The van der Waals surface area contributed by atoms with Gasteiger partial charge in [0.2, 0.25) is 0 Å². The molecule has 0 N–H and O–H groups in total. The molecular weight excluding hydrogens is 146 g/mol. The van der Waals surface area contributed by atoms with Crippen molar-refractivity contribution >= 4 is 12.1 Å². The predicted octanol–water partition coefficient (Wildman–Crippen LogP) is 0.492. The Bertz CT molecular complexity index is 220. The van der Waals surface area contributed by atoms with Gasteiger partial charge in [-0.3, -0.25) is 0 Å². The summed E-state index contributed by atoms with van der Waals surface area (Å²) >= 11 is 0. The molecule has 11 heavy (non-hydrogen) atoms. The second kappa shape index (κ2) is 3.18. The largest absolute Gasteiger partial charge is 0.448 e. The summed E-state index contributed by atoms with van der Waals surface area (Å²) in [4.78, 5) is 14.6. The number of rotatable bonds is 1. The molecule has 0 unspecified atom stereocenters. The molecule has 0 amide bonds. The van der Waals surface area contributed by atoms with Crippen LogP contribution in [0.15, 0.2) is 17.1 Å². The number of aliphatic imine (C=N–C) groups is 1. The van der Waals surface area contributed by atoms with Crippen molar-refractivity contribution in [1.82, 2.24) is 0 Å². The van der Waals surface area contributed by atoms with E-state index >= 15 is 0 Å². The van der Waals surface area contributed by atoms with E-state index in [0.717, 1.165) is 0 Å². The first-order valence-electron chi connectivity index (χ1n) is 3.25. The van der Waals surface area contributed by atoms with Crippen LogP contribution >= 0.6 is 0 Å². The van der Waals surface area contributed by atoms with Gasteiger partial charge in [0.25, 0.3) is 0 Å². The molecule has 1 aliphatic heterocycles. The van der Waals surface area contributed by atoms with Crippen molar-refractivity contribution in [2.75, 3.05) is 13.2 Å². The monoisotopic (exact) mass is 155 g/mol. The highest BCUT2D eigenvalue weighted by molar-refractivity contribution is 5.94. The highest BCUT2D eigenvalue weighted by Crippen LogP contribution is 1.99. The third-order valence-corrected chi connectivity index (χ3v) is 1.09. The number of ether oxygens (including phenoxy) is 2. The Morgan fingerprint density at radius 1 is 1.82 bits per heavy atom. The van der Waals surface area contributed by atoms with Gasteiger partial charge in [0.15, 0.2) is 0 Å². The molecule has 0 atom stereocenters. The van der Waals surface area contributed by atoms with Crippen molar-refractivity contribution in [3.8, 4) is 0 Å². The van der Waals surface area contributed by atoms with Crippen LogP contribution in [0.5, 0.6) is 0 Å². The first kappa shape index (κ1) is 7.78. The topological polar surface area (TPSA) is 47.9 Å². The highest BCUT2D eigenvalue weighted by Gasteiger charge is 2.13. The lowest BCUT2D eigenvalue weighted by Gasteiger charge is -2.00. The molecule has 1 heterocycles. The van der Waals surface area contributed by atoms with Gasteiger partial charge in [-0.25, -0.2) is 9.79 Å². The Kier molecular flexibility index (Phi) is 2.25. The lowest BCUT2D eigenvalue weighted by Crippen LogP contribution is -2.12. The minimum atomic E-state index is -0.495. The highest BCUT2D eigenvalue weighted by atomic mass is 16.7. The molecule has 0 aliphatic carbocycles. The SMILES string of the molecule is C=C(C)C(=O)OC1=NCCO1. The summed E-state index contributed by atoms with van der Waals surface area (Å²) in [5.41, 5.74) is 0.336. The minimum Gasteiger partial charge on any atom is -0.448 e. The maximum absolute atomic E-state index is 10.8. The summed E-state index contributed by atoms with van der Waals surface area (Å²) in [5, 5.41) is 0. The molecular formula is C7H9NO3. The summed E-state index contributed by atoms with van der Waals surface area (Å²) < 4.78 is 9.50. The standard InChI is InChI=1S/C7H9NO3/c1-5(2)6(9)11-7-8-3-4-10-7/h1,3-4H2,2H3. The molecule has 0 saturated heterocycles. The molecule has 0 aromatic rings. The number of esters is 1. The van der Waals surface area contributed by atoms with E-state index in [9.17, 15) is 4.79 Å². The van der Waals surface area contributed by atoms with Gasteiger partial charge in [-0.15, -0.1) is 0 Å². The van der Waals surface area contributed by atoms with Crippen LogP contribution in [-0.4, -0.2) is 25.2 Å². The van der Waals surface area contributed by atoms with Crippen LogP contribution in [0.1, 0.15) is 6.92 Å². The number of hydrogen-bond acceptors (Lipinski definition) is 4. The van der Waals surface area contributed by atoms with Gasteiger partial charge in [-0.05, 0) is 6.92 Å². The molecule has 0 bridgehead atoms. The molecule has 4 heteroatoms. The van der Waals surface area contributed by atoms with Crippen molar-refractivity contribution < 1.29 is 14.3 Å². The fraction of sp³-hybridized carbons (Fsp3) is 0.429. The van der Waals surface area contributed by atoms with E-state index in [2.05, 4.69) is 16.3 Å². The third-order valence-electron chi connectivity index (χ3n) is 1.09. The molecule has 1 aliphatic rings. The molecule has 4 nitrogen and oxygen atoms in total. The van der Waals surface area contributed by atoms with Crippen molar-refractivity contribution in [2.24, 2.45) is 4.99 Å². The van der Waals surface area contributed by atoms with E-state index in [0.29, 0.717) is 18.7 Å². The quantitative estimate of drug-likeness (QED) is 0.409. The fourth-order valence-electron chi connectivity index (χ4n) is 0.544. The normalized spacial score (nSPS) is 15.2. The second-order valence-corrected chi connectivity index (χ2v) is 2.17. The minimum absolute atomic E-state index is 0.0537. The Labute approximate surface area is 64.5 Å². The van der Waals surface area contributed by atoms with Gasteiger partial charge in [0.05, 0.1) is 6.54 Å². The van der Waals surface area contributed by atoms with Gasteiger partial charge in [-0.2, -0.15) is 0 Å². The van der Waals surface area contributed by atoms with E-state index in [1.54, 1.807) is 6.92 Å². The lowest BCUT2D eigenvalue weighted by molar-refractivity contribution is -0.132. The second-order valence-electron chi connectivity index (χ2n) is 2.17. The van der Waals surface area contributed by atoms with Crippen molar-refractivity contribution in [3.05, 3.63) is 12.2 Å². The maximum Gasteiger partial charge on any atom is 0.391 e. The van der Waals surface area contributed by atoms with Crippen LogP contribution in [0.25, 0.3) is 0 Å². The molecule has 0 radical (unpaired) electrons. The van der Waals surface area contributed by atoms with Gasteiger partial charge in [0.1, 0.15) is 6.61 Å². The summed E-state index contributed by atoms with van der Waals surface area (Å²) in [5.74, 6) is -0.495. The van der Waals surface area contributed by atoms with E-state index in [1.807, 2.05) is 0 Å². The molecule has 0 aromatic carbocycles. The summed E-state index contributed by atoms with van der Waals surface area (Å²) in [7, 11) is 0. The van der Waals surface area contributed by atoms with E-state index < -0.39 is 5.97 Å². The predicted molar refractivity (Wildman–Crippen MR) is 39.2 cm³/mol. The zero-order valence-electron chi connectivity index (χ0n) is 6.29. The average molecular weight is 155 g/mol. The molecule has 0 fully saturated rings. The molecule has 1 rings (SSSR count). The first-order chi connectivity index (χ1) is 5.20. The Morgan fingerprint density at radius 2 is 2.55 bits per heavy atom. The Morgan fingerprint density at radius 3 is 3.00 bits per heavy atom. The van der Waals surface area contributed by atoms with Crippen LogP contribution in [0.2, 0.25) is 0 Å². The van der Waals surface area contributed by atoms with E-state index in [4.69, 9.17) is 4.74 Å². The molecule has 60 valence electrons. The van der Waals surface area contributed by atoms with Crippen molar-refractivity contribution in [2.45, 2.75) is 6.92 Å². The molecule has 0 aromatic heterocycles. The van der Waals surface area contributed by atoms with Crippen LogP contribution in [0, 0.1) is 0 Å². The number of carbonyl (C=O) groups is 1. The van der Waals surface area contributed by atoms with Crippen LogP contribution in [0.3, 0.4) is 0 Å². The van der Waals surface area contributed by atoms with Gasteiger partial charge in [-0.1, -0.05) is 6.58 Å². The smallest absolute Gasteiger partial charge is 0.391 e. The Balaban J connectivity index is 2.42. The number of nitrogens with zero attached hydrogens (tertiary/aromatic N) is 1. The fourth-order valence-corrected chi connectivity index (χ4v) is 0.544. The van der Waals surface area contributed by atoms with Gasteiger partial charge < -0.3 is 9.47 Å². The first-order valence-corrected chi connectivity index (χ1v) is 3.25. The number of hydrogen-bond donors (Lipinski definition) is 0. The van der Waals surface area contributed by atoms with E-state index in [-0.39, 0.29) is 6.08 Å². The average Bonchev–Trinajstić information content (AvgIpc) is 2.39. The summed E-state index contributed by atoms with van der Waals surface area (Å²) in [6.45, 7) is 6.02. The zero-order chi connectivity index (χ0) is 8.27. The van der Waals surface area contributed by atoms with Crippen molar-refractivity contribution in [3.63, 3.8) is 0 Å². The molecule has 0 saturated carbocycles. The summed E-state index contributed by atoms with van der Waals surface area (Å²) in [6.07, 6.45) is 0.0537.